The molecule has 0 aromatic heterocycles. The first-order valence-electron chi connectivity index (χ1n) is 23.6. The van der Waals surface area contributed by atoms with Gasteiger partial charge in [0.2, 0.25) is 0 Å². The Bertz CT molecular complexity index is 2670. The van der Waals surface area contributed by atoms with Crippen LogP contribution in [0.2, 0.25) is 0 Å². The predicted molar refractivity (Wildman–Crippen MR) is 271 cm³/mol. The van der Waals surface area contributed by atoms with E-state index in [9.17, 15) is 10.2 Å². The molecule has 0 heterocycles. The third-order valence-corrected chi connectivity index (χ3v) is 12.1. The van der Waals surface area contributed by atoms with Crippen molar-refractivity contribution in [1.29, 1.82) is 0 Å². The van der Waals surface area contributed by atoms with E-state index < -0.39 is 0 Å². The van der Waals surface area contributed by atoms with Crippen LogP contribution in [0.5, 0.6) is 11.5 Å². The van der Waals surface area contributed by atoms with Gasteiger partial charge >= 0.3 is 0 Å². The molecular formula is C59H66O4. The average molecular weight is 839 g/mol. The summed E-state index contributed by atoms with van der Waals surface area (Å²) in [5.74, 6) is 1.35. The highest BCUT2D eigenvalue weighted by molar-refractivity contribution is 6.11. The molecule has 6 aromatic carbocycles. The number of aliphatic hydroxyl groups excluding tert-OH is 2. The molecule has 4 heteroatoms. The number of ether oxygens (including phenoxy) is 2. The molecule has 0 radical (unpaired) electrons. The summed E-state index contributed by atoms with van der Waals surface area (Å²) in [6, 6.07) is 26.5. The first-order chi connectivity index (χ1) is 30.9. The number of allylic oxidation sites excluding steroid dienone is 3. The van der Waals surface area contributed by atoms with Crippen LogP contribution in [0, 0.1) is 0 Å². The van der Waals surface area contributed by atoms with Gasteiger partial charge in [0.25, 0.3) is 0 Å². The van der Waals surface area contributed by atoms with Gasteiger partial charge in [0, 0.05) is 11.1 Å². The van der Waals surface area contributed by atoms with Gasteiger partial charge < -0.3 is 19.7 Å². The van der Waals surface area contributed by atoms with Crippen LogP contribution >= 0.6 is 0 Å². The van der Waals surface area contributed by atoms with Crippen LogP contribution in [-0.2, 0) is 25.7 Å². The summed E-state index contributed by atoms with van der Waals surface area (Å²) in [6.07, 6.45) is 27.0. The van der Waals surface area contributed by atoms with Gasteiger partial charge in [-0.2, -0.15) is 0 Å². The van der Waals surface area contributed by atoms with E-state index in [0.29, 0.717) is 11.5 Å². The zero-order chi connectivity index (χ0) is 44.3. The minimum Gasteiger partial charge on any atom is -0.491 e. The molecule has 0 saturated carbocycles. The molecule has 0 fully saturated rings. The van der Waals surface area contributed by atoms with Crippen LogP contribution < -0.4 is 9.47 Å². The van der Waals surface area contributed by atoms with E-state index >= 15 is 0 Å². The summed E-state index contributed by atoms with van der Waals surface area (Å²) >= 11 is 0. The molecule has 0 amide bonds. The molecule has 3 aliphatic carbocycles. The molecule has 326 valence electrons. The summed E-state index contributed by atoms with van der Waals surface area (Å²) in [4.78, 5) is 0. The van der Waals surface area contributed by atoms with Gasteiger partial charge in [-0.05, 0) is 170 Å². The van der Waals surface area contributed by atoms with Crippen molar-refractivity contribution >= 4 is 45.8 Å². The number of benzene rings is 6. The Balaban J connectivity index is 0.000000940. The van der Waals surface area contributed by atoms with Crippen molar-refractivity contribution in [3.8, 4) is 44.9 Å². The molecule has 9 rings (SSSR count). The lowest BCUT2D eigenvalue weighted by molar-refractivity contribution is 0.200. The van der Waals surface area contributed by atoms with Gasteiger partial charge in [-0.15, -0.1) is 0 Å². The third kappa shape index (κ3) is 9.49. The smallest absolute Gasteiger partial charge is 0.128 e. The Morgan fingerprint density at radius 1 is 0.571 bits per heavy atom. The summed E-state index contributed by atoms with van der Waals surface area (Å²) in [6.45, 7) is 15.1. The fourth-order valence-corrected chi connectivity index (χ4v) is 9.56. The van der Waals surface area contributed by atoms with Gasteiger partial charge in [-0.25, -0.2) is 0 Å². The van der Waals surface area contributed by atoms with Crippen molar-refractivity contribution in [2.24, 2.45) is 0 Å². The van der Waals surface area contributed by atoms with Gasteiger partial charge in [0.15, 0.2) is 0 Å². The second-order valence-corrected chi connectivity index (χ2v) is 16.9. The van der Waals surface area contributed by atoms with E-state index in [0.717, 1.165) is 89.6 Å². The standard InChI is InChI=1S/C53H50O4.2C3H8/c1-3-11-40-34(4-2)32-48(46-16-9-7-14-44(40)46)38-18-22-42-36(30-38)20-24-50(56-28-26-54)52(42)53-43-23-19-39(31-37(43)21-25-51(53)57-29-27-55)49-33-35-12-5-6-13-41(35)45-15-8-10-17-47(45)49;2*1-3-2/h4-5,9-10,12,16-25,30-33,54-55H,2-3,6-8,11,13-15,26-29H2,1H3;2*3H2,1-2H3. The Kier molecular flexibility index (Phi) is 15.6. The number of hydrogen-bond acceptors (Lipinski definition) is 4. The van der Waals surface area contributed by atoms with E-state index in [4.69, 9.17) is 9.47 Å². The minimum absolute atomic E-state index is 0.100. The topological polar surface area (TPSA) is 58.9 Å². The van der Waals surface area contributed by atoms with Crippen LogP contribution in [0.3, 0.4) is 0 Å². The lowest BCUT2D eigenvalue weighted by atomic mass is 9.80. The number of fused-ring (bicyclic) bond motifs is 6. The highest BCUT2D eigenvalue weighted by atomic mass is 16.5. The van der Waals surface area contributed by atoms with Crippen molar-refractivity contribution in [2.75, 3.05) is 26.4 Å². The lowest BCUT2D eigenvalue weighted by Crippen LogP contribution is -2.07. The van der Waals surface area contributed by atoms with E-state index in [2.05, 4.69) is 138 Å². The molecule has 4 nitrogen and oxygen atoms in total. The maximum absolute atomic E-state index is 9.90. The number of aliphatic hydroxyl groups is 2. The molecule has 0 unspecified atom stereocenters. The normalized spacial score (nSPS) is 13.3. The van der Waals surface area contributed by atoms with Gasteiger partial charge in [-0.1, -0.05) is 139 Å². The highest BCUT2D eigenvalue weighted by Gasteiger charge is 2.24. The largest absolute Gasteiger partial charge is 0.491 e. The van der Waals surface area contributed by atoms with Crippen LogP contribution in [0.1, 0.15) is 118 Å². The zero-order valence-corrected chi connectivity index (χ0v) is 38.3. The number of rotatable bonds is 12. The highest BCUT2D eigenvalue weighted by Crippen LogP contribution is 2.48. The lowest BCUT2D eigenvalue weighted by Gasteiger charge is -2.24. The second kappa shape index (κ2) is 21.6. The Labute approximate surface area is 376 Å². The van der Waals surface area contributed by atoms with Crippen molar-refractivity contribution in [2.45, 2.75) is 98.8 Å². The van der Waals surface area contributed by atoms with Crippen LogP contribution in [0.25, 0.3) is 79.2 Å². The molecule has 2 N–H and O–H groups in total. The first kappa shape index (κ1) is 45.3. The molecule has 0 atom stereocenters. The van der Waals surface area contributed by atoms with E-state index in [1.54, 1.807) is 0 Å². The van der Waals surface area contributed by atoms with Crippen LogP contribution in [0.4, 0.5) is 0 Å². The molecule has 0 saturated heterocycles. The minimum atomic E-state index is -0.101. The van der Waals surface area contributed by atoms with Crippen LogP contribution in [0.15, 0.2) is 97.6 Å². The Morgan fingerprint density at radius 2 is 1.06 bits per heavy atom. The Hall–Kier alpha value is -5.68. The van der Waals surface area contributed by atoms with Gasteiger partial charge in [-0.3, -0.25) is 0 Å². The fourth-order valence-electron chi connectivity index (χ4n) is 9.56. The summed E-state index contributed by atoms with van der Waals surface area (Å²) in [5, 5.41) is 24.0. The molecule has 0 aliphatic heterocycles. The van der Waals surface area contributed by atoms with E-state index in [-0.39, 0.29) is 26.4 Å². The third-order valence-electron chi connectivity index (χ3n) is 12.1. The van der Waals surface area contributed by atoms with Crippen molar-refractivity contribution < 1.29 is 19.7 Å². The van der Waals surface area contributed by atoms with Gasteiger partial charge in [0.1, 0.15) is 24.7 Å². The van der Waals surface area contributed by atoms with Gasteiger partial charge in [0.05, 0.1) is 13.2 Å². The monoisotopic (exact) mass is 838 g/mol. The first-order valence-corrected chi connectivity index (χ1v) is 23.6. The Morgan fingerprint density at radius 3 is 1.59 bits per heavy atom. The molecule has 6 aromatic rings. The zero-order valence-electron chi connectivity index (χ0n) is 38.3. The van der Waals surface area contributed by atoms with Crippen molar-refractivity contribution in [3.05, 3.63) is 142 Å². The SMILES string of the molecule is C=Cc1cc(-c2ccc3c(-c4c(OCCO)ccc5cc(-c6cc7c(c8c6C=CCC8)CCC=C7)ccc45)c(OCCO)ccc3c2)c2c(c1CCC)CCC=C2.CCC.CCC. The van der Waals surface area contributed by atoms with Crippen molar-refractivity contribution in [3.63, 3.8) is 0 Å². The molecule has 63 heavy (non-hydrogen) atoms. The maximum atomic E-state index is 9.90. The summed E-state index contributed by atoms with van der Waals surface area (Å²) in [7, 11) is 0. The number of hydrogen-bond donors (Lipinski definition) is 2. The predicted octanol–water partition coefficient (Wildman–Crippen LogP) is 15.0. The molecule has 0 bridgehead atoms. The second-order valence-electron chi connectivity index (χ2n) is 16.9. The molecule has 3 aliphatic rings. The summed E-state index contributed by atoms with van der Waals surface area (Å²) < 4.78 is 12.7. The van der Waals surface area contributed by atoms with Crippen LogP contribution in [-0.4, -0.2) is 36.6 Å². The van der Waals surface area contributed by atoms with E-state index in [1.807, 2.05) is 18.2 Å². The van der Waals surface area contributed by atoms with Crippen molar-refractivity contribution in [1.82, 2.24) is 0 Å². The summed E-state index contributed by atoms with van der Waals surface area (Å²) in [5.41, 5.74) is 17.7. The average Bonchev–Trinajstić information content (AvgIpc) is 3.32. The maximum Gasteiger partial charge on any atom is 0.128 e. The molecular weight excluding hydrogens is 773 g/mol. The molecule has 0 spiro atoms. The fraction of sp³-hybridized carbons (Fsp3) is 0.322. The van der Waals surface area contributed by atoms with E-state index in [1.165, 1.54) is 74.0 Å². The quantitative estimate of drug-likeness (QED) is 0.129.